The summed E-state index contributed by atoms with van der Waals surface area (Å²) < 4.78 is 80.1. The summed E-state index contributed by atoms with van der Waals surface area (Å²) >= 11 is 0. The van der Waals surface area contributed by atoms with Gasteiger partial charge in [0, 0.05) is 42.5 Å². The fourth-order valence-electron chi connectivity index (χ4n) is 4.19. The molecule has 2 heterocycles. The van der Waals surface area contributed by atoms with Crippen LogP contribution < -0.4 is 5.73 Å². The smallest absolute Gasteiger partial charge is 0.399 e. The van der Waals surface area contributed by atoms with Crippen LogP contribution in [0.15, 0.2) is 48.7 Å². The number of nitrogen functional groups attached to an aromatic ring is 1. The minimum absolute atomic E-state index is 0.186. The molecule has 3 N–H and O–H groups in total. The molecule has 1 aliphatic rings. The van der Waals surface area contributed by atoms with Crippen LogP contribution in [-0.2, 0) is 12.1 Å². The van der Waals surface area contributed by atoms with Gasteiger partial charge >= 0.3 is 12.4 Å². The summed E-state index contributed by atoms with van der Waals surface area (Å²) in [5, 5.41) is 15.0. The Morgan fingerprint density at radius 2 is 1.55 bits per heavy atom. The van der Waals surface area contributed by atoms with Gasteiger partial charge in [0.15, 0.2) is 0 Å². The highest BCUT2D eigenvalue weighted by Crippen LogP contribution is 2.50. The lowest BCUT2D eigenvalue weighted by molar-refractivity contribution is -0.376. The topological polar surface area (TPSA) is 67.3 Å². The Kier molecular flexibility index (Phi) is 5.81. The normalized spacial score (nSPS) is 17.1. The number of fused-ring (bicyclic) bond motifs is 1. The first-order valence-corrected chi connectivity index (χ1v) is 10.3. The number of hydrogen-bond donors (Lipinski definition) is 2. The predicted molar refractivity (Wildman–Crippen MR) is 110 cm³/mol. The summed E-state index contributed by atoms with van der Waals surface area (Å²) in [6, 6.07) is 9.44. The minimum Gasteiger partial charge on any atom is -0.399 e. The maximum absolute atomic E-state index is 13.0. The maximum Gasteiger partial charge on any atom is 0.430 e. The molecular formula is C22H22F6N4O. The lowest BCUT2D eigenvalue weighted by Gasteiger charge is -2.33. The molecular weight excluding hydrogens is 450 g/mol. The number of aromatic nitrogens is 2. The number of likely N-dealkylation sites (tertiary alicyclic amines) is 1. The molecule has 1 fully saturated rings. The van der Waals surface area contributed by atoms with Crippen LogP contribution in [0.4, 0.5) is 32.0 Å². The molecule has 2 aromatic carbocycles. The second-order valence-electron chi connectivity index (χ2n) is 8.34. The predicted octanol–water partition coefficient (Wildman–Crippen LogP) is 4.77. The number of aliphatic hydroxyl groups is 1. The van der Waals surface area contributed by atoms with Crippen LogP contribution in [0.3, 0.4) is 0 Å². The quantitative estimate of drug-likeness (QED) is 0.424. The summed E-state index contributed by atoms with van der Waals surface area (Å²) in [5.74, 6) is 0. The number of halogens is 6. The third-order valence-corrected chi connectivity index (χ3v) is 6.08. The van der Waals surface area contributed by atoms with Crippen molar-refractivity contribution in [3.63, 3.8) is 0 Å². The number of hydrogen-bond acceptors (Lipinski definition) is 4. The third kappa shape index (κ3) is 4.39. The average molecular weight is 472 g/mol. The summed E-state index contributed by atoms with van der Waals surface area (Å²) in [5.41, 5.74) is 1.72. The number of benzene rings is 2. The van der Waals surface area contributed by atoms with Gasteiger partial charge in [-0.05, 0) is 36.6 Å². The van der Waals surface area contributed by atoms with Crippen molar-refractivity contribution >= 4 is 16.6 Å². The molecule has 178 valence electrons. The second-order valence-corrected chi connectivity index (χ2v) is 8.34. The number of nitrogens with two attached hydrogens (primary N) is 1. The van der Waals surface area contributed by atoms with Crippen LogP contribution in [0.2, 0.25) is 0 Å². The Morgan fingerprint density at radius 1 is 0.939 bits per heavy atom. The molecule has 0 saturated carbocycles. The fraction of sp³-hybridized carbons (Fsp3) is 0.409. The van der Waals surface area contributed by atoms with Crippen molar-refractivity contribution in [1.82, 2.24) is 14.7 Å². The van der Waals surface area contributed by atoms with Gasteiger partial charge < -0.3 is 10.8 Å². The van der Waals surface area contributed by atoms with E-state index in [1.807, 2.05) is 23.0 Å². The average Bonchev–Trinajstić information content (AvgIpc) is 3.16. The molecule has 1 aromatic heterocycles. The van der Waals surface area contributed by atoms with Crippen molar-refractivity contribution in [1.29, 1.82) is 0 Å². The van der Waals surface area contributed by atoms with E-state index in [1.165, 1.54) is 12.1 Å². The van der Waals surface area contributed by atoms with E-state index in [-0.39, 0.29) is 6.04 Å². The zero-order valence-corrected chi connectivity index (χ0v) is 17.4. The molecule has 0 aliphatic carbocycles. The SMILES string of the molecule is Nc1ccc2nn(C3CCN(Cc4ccc(C(O)(C(F)(F)F)C(F)(F)F)cc4)CC3)cc2c1. The zero-order valence-electron chi connectivity index (χ0n) is 17.4. The van der Waals surface area contributed by atoms with E-state index in [9.17, 15) is 31.4 Å². The highest BCUT2D eigenvalue weighted by Gasteiger charge is 2.71. The molecule has 11 heteroatoms. The van der Waals surface area contributed by atoms with Gasteiger partial charge in [0.25, 0.3) is 5.60 Å². The van der Waals surface area contributed by atoms with Gasteiger partial charge in [0.05, 0.1) is 11.6 Å². The summed E-state index contributed by atoms with van der Waals surface area (Å²) in [4.78, 5) is 2.08. The van der Waals surface area contributed by atoms with Gasteiger partial charge in [-0.1, -0.05) is 24.3 Å². The molecule has 0 radical (unpaired) electrons. The summed E-state index contributed by atoms with van der Waals surface area (Å²) in [7, 11) is 0. The van der Waals surface area contributed by atoms with Gasteiger partial charge in [-0.3, -0.25) is 9.58 Å². The maximum atomic E-state index is 13.0. The van der Waals surface area contributed by atoms with Crippen molar-refractivity contribution in [3.05, 3.63) is 59.8 Å². The van der Waals surface area contributed by atoms with Crippen molar-refractivity contribution in [2.75, 3.05) is 18.8 Å². The monoisotopic (exact) mass is 472 g/mol. The minimum atomic E-state index is -5.89. The van der Waals surface area contributed by atoms with Crippen LogP contribution >= 0.6 is 0 Å². The lowest BCUT2D eigenvalue weighted by atomic mass is 9.91. The number of anilines is 1. The molecule has 5 nitrogen and oxygen atoms in total. The van der Waals surface area contributed by atoms with Crippen molar-refractivity contribution in [2.24, 2.45) is 0 Å². The molecule has 1 aliphatic heterocycles. The Bertz CT molecular complexity index is 1100. The van der Waals surface area contributed by atoms with E-state index in [4.69, 9.17) is 5.73 Å². The molecule has 0 unspecified atom stereocenters. The largest absolute Gasteiger partial charge is 0.430 e. The number of piperidine rings is 1. The van der Waals surface area contributed by atoms with Gasteiger partial charge in [-0.25, -0.2) is 0 Å². The molecule has 0 amide bonds. The molecule has 1 saturated heterocycles. The van der Waals surface area contributed by atoms with E-state index in [1.54, 1.807) is 6.07 Å². The molecule has 0 bridgehead atoms. The first-order chi connectivity index (χ1) is 15.4. The van der Waals surface area contributed by atoms with E-state index >= 15 is 0 Å². The van der Waals surface area contributed by atoms with E-state index in [0.717, 1.165) is 23.7 Å². The highest BCUT2D eigenvalue weighted by molar-refractivity contribution is 5.81. The first-order valence-electron chi connectivity index (χ1n) is 10.3. The fourth-order valence-corrected chi connectivity index (χ4v) is 4.19. The number of nitrogens with zero attached hydrogens (tertiary/aromatic N) is 3. The first kappa shape index (κ1) is 23.4. The Hall–Kier alpha value is -2.79. The lowest BCUT2D eigenvalue weighted by Crippen LogP contribution is -2.53. The Labute approximate surface area is 185 Å². The number of rotatable bonds is 4. The zero-order chi connectivity index (χ0) is 24.0. The molecule has 4 rings (SSSR count). The van der Waals surface area contributed by atoms with Crippen LogP contribution in [0.25, 0.3) is 10.9 Å². The third-order valence-electron chi connectivity index (χ3n) is 6.08. The van der Waals surface area contributed by atoms with Crippen molar-refractivity contribution in [3.8, 4) is 0 Å². The van der Waals surface area contributed by atoms with Gasteiger partial charge in [0.2, 0.25) is 0 Å². The Morgan fingerprint density at radius 3 is 2.12 bits per heavy atom. The van der Waals surface area contributed by atoms with E-state index < -0.39 is 23.5 Å². The van der Waals surface area contributed by atoms with Crippen molar-refractivity contribution < 1.29 is 31.4 Å². The van der Waals surface area contributed by atoms with Crippen LogP contribution in [0.1, 0.15) is 30.0 Å². The van der Waals surface area contributed by atoms with E-state index in [0.29, 0.717) is 43.0 Å². The molecule has 33 heavy (non-hydrogen) atoms. The van der Waals surface area contributed by atoms with E-state index in [2.05, 4.69) is 10.00 Å². The second kappa shape index (κ2) is 8.21. The highest BCUT2D eigenvalue weighted by atomic mass is 19.4. The van der Waals surface area contributed by atoms with Crippen LogP contribution in [0.5, 0.6) is 0 Å². The summed E-state index contributed by atoms with van der Waals surface area (Å²) in [6.45, 7) is 1.76. The molecule has 3 aromatic rings. The van der Waals surface area contributed by atoms with Crippen LogP contribution in [0, 0.1) is 0 Å². The standard InChI is InChI=1S/C22H22F6N4O/c23-21(24,25)20(33,22(26,27)28)16-3-1-14(2-4-16)12-31-9-7-18(8-10-31)32-13-15-11-17(29)5-6-19(15)30-32/h1-6,11,13,18,33H,7-10,12,29H2. The van der Waals surface area contributed by atoms with Gasteiger partial charge in [0.1, 0.15) is 0 Å². The van der Waals surface area contributed by atoms with Crippen LogP contribution in [-0.4, -0.2) is 45.2 Å². The van der Waals surface area contributed by atoms with Gasteiger partial charge in [-0.15, -0.1) is 0 Å². The Balaban J connectivity index is 1.40. The van der Waals surface area contributed by atoms with Crippen molar-refractivity contribution in [2.45, 2.75) is 43.4 Å². The number of alkyl halides is 6. The van der Waals surface area contributed by atoms with Gasteiger partial charge in [-0.2, -0.15) is 31.4 Å². The molecule has 0 atom stereocenters. The molecule has 0 spiro atoms. The summed E-state index contributed by atoms with van der Waals surface area (Å²) in [6.07, 6.45) is -8.24.